The molecule has 0 amide bonds. The second kappa shape index (κ2) is 6.53. The van der Waals surface area contributed by atoms with Crippen molar-refractivity contribution in [2.24, 2.45) is 0 Å². The number of nitrogens with one attached hydrogen (secondary N) is 1. The lowest BCUT2D eigenvalue weighted by atomic mass is 9.98. The summed E-state index contributed by atoms with van der Waals surface area (Å²) in [6, 6.07) is 8.88. The number of hydrogen-bond donors (Lipinski definition) is 1. The van der Waals surface area contributed by atoms with Gasteiger partial charge in [0.1, 0.15) is 0 Å². The quantitative estimate of drug-likeness (QED) is 0.856. The fourth-order valence-corrected chi connectivity index (χ4v) is 2.64. The molecule has 0 aliphatic heterocycles. The zero-order valence-corrected chi connectivity index (χ0v) is 12.3. The fourth-order valence-electron chi connectivity index (χ4n) is 2.09. The number of halogens is 4. The van der Waals surface area contributed by atoms with E-state index in [4.69, 9.17) is 23.2 Å². The molecule has 106 valence electrons. The molecule has 0 spiro atoms. The molecule has 0 aliphatic rings. The van der Waals surface area contributed by atoms with Gasteiger partial charge in [-0.05, 0) is 37.2 Å². The van der Waals surface area contributed by atoms with Crippen LogP contribution in [-0.2, 0) is 6.42 Å². The molecule has 1 N–H and O–H groups in total. The Morgan fingerprint density at radius 3 is 2.25 bits per heavy atom. The van der Waals surface area contributed by atoms with E-state index in [1.165, 1.54) is 6.07 Å². The molecule has 1 nitrogen and oxygen atoms in total. The highest BCUT2D eigenvalue weighted by Crippen LogP contribution is 2.30. The summed E-state index contributed by atoms with van der Waals surface area (Å²) >= 11 is 12.2. The van der Waals surface area contributed by atoms with Crippen molar-refractivity contribution in [1.82, 2.24) is 5.32 Å². The first kappa shape index (κ1) is 15.2. The van der Waals surface area contributed by atoms with E-state index in [2.05, 4.69) is 5.32 Å². The van der Waals surface area contributed by atoms with Crippen LogP contribution in [0.1, 0.15) is 17.2 Å². The molecule has 0 bridgehead atoms. The SMILES string of the molecule is CNC(Cc1c(Cl)cccc1Cl)c1cccc(F)c1F. The van der Waals surface area contributed by atoms with Gasteiger partial charge < -0.3 is 5.32 Å². The Morgan fingerprint density at radius 1 is 1.05 bits per heavy atom. The Kier molecular flexibility index (Phi) is 4.97. The van der Waals surface area contributed by atoms with Crippen LogP contribution >= 0.6 is 23.2 Å². The van der Waals surface area contributed by atoms with Gasteiger partial charge in [-0.3, -0.25) is 0 Å². The minimum atomic E-state index is -0.868. The number of benzene rings is 2. The highest BCUT2D eigenvalue weighted by molar-refractivity contribution is 6.36. The first-order chi connectivity index (χ1) is 9.54. The van der Waals surface area contributed by atoms with Crippen molar-refractivity contribution in [1.29, 1.82) is 0 Å². The minimum Gasteiger partial charge on any atom is -0.313 e. The molecule has 2 rings (SSSR count). The van der Waals surface area contributed by atoms with Crippen LogP contribution in [-0.4, -0.2) is 7.05 Å². The standard InChI is InChI=1S/C15H13Cl2F2N/c1-20-14(9-4-2-7-13(18)15(9)19)8-10-11(16)5-3-6-12(10)17/h2-7,14,20H,8H2,1H3. The van der Waals surface area contributed by atoms with Crippen LogP contribution in [0.15, 0.2) is 36.4 Å². The molecule has 5 heteroatoms. The second-order valence-electron chi connectivity index (χ2n) is 4.39. The van der Waals surface area contributed by atoms with Gasteiger partial charge in [0.2, 0.25) is 0 Å². The molecule has 0 heterocycles. The van der Waals surface area contributed by atoms with Crippen molar-refractivity contribution in [3.63, 3.8) is 0 Å². The molecule has 0 aromatic heterocycles. The summed E-state index contributed by atoms with van der Waals surface area (Å²) in [5.74, 6) is -1.72. The first-order valence-electron chi connectivity index (χ1n) is 6.08. The van der Waals surface area contributed by atoms with Crippen molar-refractivity contribution in [3.05, 3.63) is 69.2 Å². The van der Waals surface area contributed by atoms with E-state index in [1.807, 2.05) is 0 Å². The van der Waals surface area contributed by atoms with E-state index in [1.54, 1.807) is 31.3 Å². The third-order valence-corrected chi connectivity index (χ3v) is 3.88. The first-order valence-corrected chi connectivity index (χ1v) is 6.84. The lowest BCUT2D eigenvalue weighted by Gasteiger charge is -2.19. The topological polar surface area (TPSA) is 12.0 Å². The zero-order valence-electron chi connectivity index (χ0n) is 10.8. The monoisotopic (exact) mass is 315 g/mol. The zero-order chi connectivity index (χ0) is 14.7. The normalized spacial score (nSPS) is 12.4. The van der Waals surface area contributed by atoms with Crippen molar-refractivity contribution < 1.29 is 8.78 Å². The summed E-state index contributed by atoms with van der Waals surface area (Å²) in [5, 5.41) is 3.98. The summed E-state index contributed by atoms with van der Waals surface area (Å²) in [6.45, 7) is 0. The van der Waals surface area contributed by atoms with Crippen LogP contribution in [0.4, 0.5) is 8.78 Å². The van der Waals surface area contributed by atoms with Crippen LogP contribution in [0.25, 0.3) is 0 Å². The Labute approximate surface area is 126 Å². The molecule has 1 atom stereocenters. The van der Waals surface area contributed by atoms with Crippen molar-refractivity contribution >= 4 is 23.2 Å². The predicted octanol–water partition coefficient (Wildman–Crippen LogP) is 4.77. The summed E-state index contributed by atoms with van der Waals surface area (Å²) < 4.78 is 27.2. The molecular formula is C15H13Cl2F2N. The Hall–Kier alpha value is -1.16. The molecule has 2 aromatic carbocycles. The van der Waals surface area contributed by atoms with Gasteiger partial charge in [0.15, 0.2) is 11.6 Å². The number of hydrogen-bond acceptors (Lipinski definition) is 1. The van der Waals surface area contributed by atoms with Gasteiger partial charge in [-0.2, -0.15) is 0 Å². The molecule has 0 saturated heterocycles. The fraction of sp³-hybridized carbons (Fsp3) is 0.200. The van der Waals surface area contributed by atoms with Crippen LogP contribution in [0, 0.1) is 11.6 Å². The van der Waals surface area contributed by atoms with Gasteiger partial charge in [-0.25, -0.2) is 8.78 Å². The number of rotatable bonds is 4. The maximum Gasteiger partial charge on any atom is 0.163 e. The van der Waals surface area contributed by atoms with E-state index >= 15 is 0 Å². The lowest BCUT2D eigenvalue weighted by Crippen LogP contribution is -2.21. The molecule has 20 heavy (non-hydrogen) atoms. The van der Waals surface area contributed by atoms with Crippen molar-refractivity contribution in [2.45, 2.75) is 12.5 Å². The Bertz CT molecular complexity index is 597. The summed E-state index contributed by atoms with van der Waals surface area (Å²) in [7, 11) is 1.68. The summed E-state index contributed by atoms with van der Waals surface area (Å²) in [4.78, 5) is 0. The molecule has 0 aliphatic carbocycles. The Morgan fingerprint density at radius 2 is 1.65 bits per heavy atom. The number of likely N-dealkylation sites (N-methyl/N-ethyl adjacent to an activating group) is 1. The maximum atomic E-state index is 13.9. The molecule has 1 unspecified atom stereocenters. The van der Waals surface area contributed by atoms with Gasteiger partial charge in [0.25, 0.3) is 0 Å². The van der Waals surface area contributed by atoms with Crippen molar-refractivity contribution in [3.8, 4) is 0 Å². The third kappa shape index (κ3) is 3.11. The average Bonchev–Trinajstić information content (AvgIpc) is 2.42. The van der Waals surface area contributed by atoms with Crippen LogP contribution in [0.5, 0.6) is 0 Å². The maximum absolute atomic E-state index is 13.9. The largest absolute Gasteiger partial charge is 0.313 e. The van der Waals surface area contributed by atoms with E-state index in [9.17, 15) is 8.78 Å². The molecule has 2 aromatic rings. The van der Waals surface area contributed by atoms with E-state index in [-0.39, 0.29) is 5.56 Å². The van der Waals surface area contributed by atoms with Gasteiger partial charge in [0, 0.05) is 21.7 Å². The summed E-state index contributed by atoms with van der Waals surface area (Å²) in [5.41, 5.74) is 0.960. The second-order valence-corrected chi connectivity index (χ2v) is 5.20. The van der Waals surface area contributed by atoms with Crippen LogP contribution in [0.3, 0.4) is 0 Å². The van der Waals surface area contributed by atoms with Gasteiger partial charge in [-0.1, -0.05) is 41.4 Å². The van der Waals surface area contributed by atoms with Crippen molar-refractivity contribution in [2.75, 3.05) is 7.05 Å². The minimum absolute atomic E-state index is 0.253. The van der Waals surface area contributed by atoms with Gasteiger partial charge >= 0.3 is 0 Å². The lowest BCUT2D eigenvalue weighted by molar-refractivity contribution is 0.473. The van der Waals surface area contributed by atoms with Crippen LogP contribution in [0.2, 0.25) is 10.0 Å². The smallest absolute Gasteiger partial charge is 0.163 e. The highest BCUT2D eigenvalue weighted by Gasteiger charge is 2.19. The predicted molar refractivity (Wildman–Crippen MR) is 78.3 cm³/mol. The van der Waals surface area contributed by atoms with Crippen LogP contribution < -0.4 is 5.32 Å². The third-order valence-electron chi connectivity index (χ3n) is 3.18. The van der Waals surface area contributed by atoms with Gasteiger partial charge in [-0.15, -0.1) is 0 Å². The Balaban J connectivity index is 2.37. The van der Waals surface area contributed by atoms with E-state index < -0.39 is 17.7 Å². The van der Waals surface area contributed by atoms with Gasteiger partial charge in [0.05, 0.1) is 0 Å². The highest BCUT2D eigenvalue weighted by atomic mass is 35.5. The molecule has 0 fully saturated rings. The molecular weight excluding hydrogens is 303 g/mol. The van der Waals surface area contributed by atoms with E-state index in [0.29, 0.717) is 22.0 Å². The molecule has 0 saturated carbocycles. The average molecular weight is 316 g/mol. The summed E-state index contributed by atoms with van der Waals surface area (Å²) in [6.07, 6.45) is 0.370. The van der Waals surface area contributed by atoms with E-state index in [0.717, 1.165) is 6.07 Å². The molecule has 0 radical (unpaired) electrons.